The molecule has 1 amide bonds. The lowest BCUT2D eigenvalue weighted by Gasteiger charge is -2.37. The fourth-order valence-corrected chi connectivity index (χ4v) is 4.18. The van der Waals surface area contributed by atoms with Crippen LogP contribution >= 0.6 is 35.4 Å². The summed E-state index contributed by atoms with van der Waals surface area (Å²) in [6.07, 6.45) is 0. The summed E-state index contributed by atoms with van der Waals surface area (Å²) in [6, 6.07) is 14.8. The van der Waals surface area contributed by atoms with Gasteiger partial charge in [-0.2, -0.15) is 0 Å². The van der Waals surface area contributed by atoms with E-state index in [0.717, 1.165) is 11.3 Å². The number of thiocarbonyl (C=S) groups is 1. The smallest absolute Gasteiger partial charge is 0.293 e. The molecule has 0 spiro atoms. The minimum absolute atomic E-state index is 0.0524. The lowest BCUT2D eigenvalue weighted by atomic mass is 10.2. The molecule has 8 nitrogen and oxygen atoms in total. The second-order valence-corrected chi connectivity index (χ2v) is 8.53. The number of carbonyl (C=O) groups is 1. The minimum atomic E-state index is -0.480. The van der Waals surface area contributed by atoms with Crippen LogP contribution < -0.4 is 10.2 Å². The van der Waals surface area contributed by atoms with E-state index in [4.69, 9.17) is 39.8 Å². The summed E-state index contributed by atoms with van der Waals surface area (Å²) in [5, 5.41) is 14.9. The Kier molecular flexibility index (Phi) is 6.83. The third-order valence-electron chi connectivity index (χ3n) is 5.23. The number of nitrogens with zero attached hydrogens (tertiary/aromatic N) is 3. The Morgan fingerprint density at radius 1 is 1.03 bits per heavy atom. The van der Waals surface area contributed by atoms with Crippen molar-refractivity contribution >= 4 is 57.8 Å². The van der Waals surface area contributed by atoms with Crippen LogP contribution in [0.1, 0.15) is 10.6 Å². The Morgan fingerprint density at radius 2 is 1.73 bits per heavy atom. The average Bonchev–Trinajstić information content (AvgIpc) is 3.30. The summed E-state index contributed by atoms with van der Waals surface area (Å²) >= 11 is 17.6. The molecule has 3 aromatic rings. The fraction of sp³-hybridized carbons (Fsp3) is 0.182. The number of carbonyl (C=O) groups excluding carboxylic acids is 1. The molecule has 1 fully saturated rings. The number of nitrogens with one attached hydrogen (secondary N) is 1. The van der Waals surface area contributed by atoms with E-state index in [1.54, 1.807) is 30.3 Å². The van der Waals surface area contributed by atoms with Crippen LogP contribution in [-0.2, 0) is 0 Å². The number of non-ortho nitro benzene ring substituents is 1. The maximum Gasteiger partial charge on any atom is 0.293 e. The number of hydrogen-bond donors (Lipinski definition) is 1. The summed E-state index contributed by atoms with van der Waals surface area (Å²) in [7, 11) is 0. The summed E-state index contributed by atoms with van der Waals surface area (Å²) in [6.45, 7) is 2.30. The molecule has 2 aromatic carbocycles. The van der Waals surface area contributed by atoms with Gasteiger partial charge in [0.05, 0.1) is 15.6 Å². The second-order valence-electron chi connectivity index (χ2n) is 7.30. The highest BCUT2D eigenvalue weighted by molar-refractivity contribution is 7.80. The number of anilines is 1. The van der Waals surface area contributed by atoms with Gasteiger partial charge in [0.2, 0.25) is 0 Å². The first-order valence-electron chi connectivity index (χ1n) is 9.97. The number of amides is 1. The third kappa shape index (κ3) is 5.27. The van der Waals surface area contributed by atoms with Crippen molar-refractivity contribution in [2.75, 3.05) is 31.1 Å². The van der Waals surface area contributed by atoms with Gasteiger partial charge in [-0.05, 0) is 54.7 Å². The van der Waals surface area contributed by atoms with Gasteiger partial charge >= 0.3 is 0 Å². The van der Waals surface area contributed by atoms with Gasteiger partial charge in [-0.1, -0.05) is 23.2 Å². The van der Waals surface area contributed by atoms with E-state index in [1.165, 1.54) is 12.1 Å². The molecule has 1 aromatic heterocycles. The van der Waals surface area contributed by atoms with Crippen molar-refractivity contribution in [3.63, 3.8) is 0 Å². The molecule has 33 heavy (non-hydrogen) atoms. The van der Waals surface area contributed by atoms with Gasteiger partial charge in [-0.25, -0.2) is 0 Å². The fourth-order valence-electron chi connectivity index (χ4n) is 3.48. The Morgan fingerprint density at radius 3 is 2.36 bits per heavy atom. The van der Waals surface area contributed by atoms with Crippen LogP contribution in [-0.4, -0.2) is 47.0 Å². The number of nitro groups is 1. The molecule has 2 heterocycles. The third-order valence-corrected chi connectivity index (χ3v) is 6.14. The largest absolute Gasteiger partial charge is 0.451 e. The van der Waals surface area contributed by atoms with Gasteiger partial charge in [-0.15, -0.1) is 0 Å². The topological polar surface area (TPSA) is 91.9 Å². The van der Waals surface area contributed by atoms with Crippen molar-refractivity contribution in [1.82, 2.24) is 10.2 Å². The molecule has 11 heteroatoms. The van der Waals surface area contributed by atoms with E-state index < -0.39 is 10.8 Å². The Balaban J connectivity index is 1.33. The first kappa shape index (κ1) is 23.0. The van der Waals surface area contributed by atoms with Crippen molar-refractivity contribution in [3.05, 3.63) is 80.5 Å². The number of rotatable bonds is 4. The molecule has 1 N–H and O–H groups in total. The van der Waals surface area contributed by atoms with E-state index >= 15 is 0 Å². The van der Waals surface area contributed by atoms with Gasteiger partial charge in [-0.3, -0.25) is 20.2 Å². The first-order valence-corrected chi connectivity index (χ1v) is 11.1. The van der Waals surface area contributed by atoms with E-state index in [-0.39, 0.29) is 11.4 Å². The van der Waals surface area contributed by atoms with E-state index in [2.05, 4.69) is 5.32 Å². The number of nitro benzene ring substituents is 1. The molecule has 0 bridgehead atoms. The quantitative estimate of drug-likeness (QED) is 0.303. The molecule has 1 aliphatic heterocycles. The maximum atomic E-state index is 12.6. The second kappa shape index (κ2) is 9.78. The van der Waals surface area contributed by atoms with Crippen LogP contribution in [0, 0.1) is 10.1 Å². The predicted octanol–water partition coefficient (Wildman–Crippen LogP) is 5.00. The summed E-state index contributed by atoms with van der Waals surface area (Å²) < 4.78 is 5.67. The zero-order valence-electron chi connectivity index (χ0n) is 17.2. The number of furan rings is 1. The zero-order valence-corrected chi connectivity index (χ0v) is 19.5. The van der Waals surface area contributed by atoms with Crippen molar-refractivity contribution < 1.29 is 14.1 Å². The van der Waals surface area contributed by atoms with Crippen molar-refractivity contribution in [1.29, 1.82) is 0 Å². The SMILES string of the molecule is O=C(NC(=S)N1CCN(c2ccc([N+](=O)[O-])cc2Cl)CC1)c1ccc(-c2ccc(Cl)cc2)o1. The van der Waals surface area contributed by atoms with Crippen LogP contribution in [0.15, 0.2) is 59.0 Å². The Hall–Kier alpha value is -3.14. The normalized spacial score (nSPS) is 13.6. The highest BCUT2D eigenvalue weighted by Gasteiger charge is 2.23. The minimum Gasteiger partial charge on any atom is -0.451 e. The highest BCUT2D eigenvalue weighted by Crippen LogP contribution is 2.30. The molecule has 4 rings (SSSR count). The van der Waals surface area contributed by atoms with Gasteiger partial charge in [0.15, 0.2) is 10.9 Å². The molecule has 1 saturated heterocycles. The number of hydrogen-bond acceptors (Lipinski definition) is 6. The maximum absolute atomic E-state index is 12.6. The molecule has 0 radical (unpaired) electrons. The standard InChI is InChI=1S/C22H18Cl2N4O4S/c23-15-3-1-14(2-4-15)19-7-8-20(32-19)21(29)25-22(33)27-11-9-26(10-12-27)18-6-5-16(28(30)31)13-17(18)24/h1-8,13H,9-12H2,(H,25,29,33). The molecular formula is C22H18Cl2N4O4S. The molecule has 1 aliphatic rings. The van der Waals surface area contributed by atoms with Crippen LogP contribution in [0.5, 0.6) is 0 Å². The van der Waals surface area contributed by atoms with Gasteiger partial charge in [0.25, 0.3) is 11.6 Å². The van der Waals surface area contributed by atoms with Crippen LogP contribution in [0.2, 0.25) is 10.0 Å². The molecular weight excluding hydrogens is 487 g/mol. The van der Waals surface area contributed by atoms with Gasteiger partial charge in [0.1, 0.15) is 5.76 Å². The van der Waals surface area contributed by atoms with Crippen molar-refractivity contribution in [3.8, 4) is 11.3 Å². The summed E-state index contributed by atoms with van der Waals surface area (Å²) in [5.74, 6) is 0.274. The summed E-state index contributed by atoms with van der Waals surface area (Å²) in [4.78, 5) is 26.9. The molecule has 0 aliphatic carbocycles. The first-order chi connectivity index (χ1) is 15.8. The number of piperazine rings is 1. The molecule has 0 atom stereocenters. The summed E-state index contributed by atoms with van der Waals surface area (Å²) in [5.41, 5.74) is 1.48. The Bertz CT molecular complexity index is 1210. The lowest BCUT2D eigenvalue weighted by molar-refractivity contribution is -0.384. The zero-order chi connectivity index (χ0) is 23.5. The van der Waals surface area contributed by atoms with Crippen LogP contribution in [0.4, 0.5) is 11.4 Å². The molecule has 0 unspecified atom stereocenters. The van der Waals surface area contributed by atoms with Crippen LogP contribution in [0.25, 0.3) is 11.3 Å². The van der Waals surface area contributed by atoms with Crippen LogP contribution in [0.3, 0.4) is 0 Å². The van der Waals surface area contributed by atoms with E-state index in [1.807, 2.05) is 21.9 Å². The molecule has 170 valence electrons. The van der Waals surface area contributed by atoms with Gasteiger partial charge in [0, 0.05) is 48.9 Å². The van der Waals surface area contributed by atoms with E-state index in [9.17, 15) is 14.9 Å². The monoisotopic (exact) mass is 504 g/mol. The van der Waals surface area contributed by atoms with E-state index in [0.29, 0.717) is 47.1 Å². The lowest BCUT2D eigenvalue weighted by Crippen LogP contribution is -2.52. The van der Waals surface area contributed by atoms with Gasteiger partial charge < -0.3 is 14.2 Å². The highest BCUT2D eigenvalue weighted by atomic mass is 35.5. The number of halogens is 2. The van der Waals surface area contributed by atoms with Crippen molar-refractivity contribution in [2.24, 2.45) is 0 Å². The Labute approximate surface area is 204 Å². The average molecular weight is 505 g/mol. The predicted molar refractivity (Wildman–Crippen MR) is 131 cm³/mol. The van der Waals surface area contributed by atoms with Crippen molar-refractivity contribution in [2.45, 2.75) is 0 Å². The molecule has 0 saturated carbocycles. The number of benzene rings is 2.